The first kappa shape index (κ1) is 15.5. The van der Waals surface area contributed by atoms with Gasteiger partial charge in [0, 0.05) is 6.42 Å². The molecule has 104 valence electrons. The van der Waals surface area contributed by atoms with E-state index in [4.69, 9.17) is 5.11 Å². The van der Waals surface area contributed by atoms with E-state index in [0.29, 0.717) is 12.3 Å². The molecule has 0 saturated carbocycles. The molecule has 0 atom stereocenters. The van der Waals surface area contributed by atoms with E-state index in [1.54, 1.807) is 0 Å². The van der Waals surface area contributed by atoms with Crippen LogP contribution in [0.2, 0.25) is 0 Å². The number of aliphatic carboxylic acids is 1. The molecule has 0 heterocycles. The zero-order valence-corrected chi connectivity index (χ0v) is 12.6. The van der Waals surface area contributed by atoms with Crippen molar-refractivity contribution in [1.29, 1.82) is 0 Å². The first-order valence-electron chi connectivity index (χ1n) is 6.83. The van der Waals surface area contributed by atoms with Gasteiger partial charge in [0.05, 0.1) is 0 Å². The summed E-state index contributed by atoms with van der Waals surface area (Å²) in [5.74, 6) is -0.342. The molecule has 1 aromatic carbocycles. The predicted molar refractivity (Wildman–Crippen MR) is 80.3 cm³/mol. The Bertz CT molecular complexity index is 473. The SMILES string of the molecule is Cc1cc(C)c(/C(=C/CCC(=O)O)C(C)C)c(C)c1. The van der Waals surface area contributed by atoms with Crippen molar-refractivity contribution >= 4 is 11.5 Å². The number of carbonyl (C=O) groups is 1. The molecule has 0 aliphatic rings. The van der Waals surface area contributed by atoms with Crippen molar-refractivity contribution < 1.29 is 9.90 Å². The molecule has 19 heavy (non-hydrogen) atoms. The monoisotopic (exact) mass is 260 g/mol. The van der Waals surface area contributed by atoms with E-state index in [9.17, 15) is 4.79 Å². The molecule has 0 aliphatic heterocycles. The number of carboxylic acids is 1. The Kier molecular flexibility index (Phi) is 5.34. The highest BCUT2D eigenvalue weighted by Gasteiger charge is 2.12. The summed E-state index contributed by atoms with van der Waals surface area (Å²) in [5.41, 5.74) is 6.36. The third-order valence-electron chi connectivity index (χ3n) is 3.31. The molecular weight excluding hydrogens is 236 g/mol. The minimum atomic E-state index is -0.739. The first-order chi connectivity index (χ1) is 8.82. The van der Waals surface area contributed by atoms with E-state index < -0.39 is 5.97 Å². The van der Waals surface area contributed by atoms with Crippen molar-refractivity contribution in [3.8, 4) is 0 Å². The number of aryl methyl sites for hydroxylation is 3. The van der Waals surface area contributed by atoms with Gasteiger partial charge < -0.3 is 5.11 Å². The Morgan fingerprint density at radius 1 is 1.21 bits per heavy atom. The molecule has 0 aliphatic carbocycles. The fraction of sp³-hybridized carbons (Fsp3) is 0.471. The molecule has 0 radical (unpaired) electrons. The number of hydrogen-bond donors (Lipinski definition) is 1. The van der Waals surface area contributed by atoms with Crippen molar-refractivity contribution in [1.82, 2.24) is 0 Å². The average molecular weight is 260 g/mol. The van der Waals surface area contributed by atoms with Gasteiger partial charge in [-0.05, 0) is 55.4 Å². The van der Waals surface area contributed by atoms with Gasteiger partial charge in [0.1, 0.15) is 0 Å². The van der Waals surface area contributed by atoms with Gasteiger partial charge in [0.15, 0.2) is 0 Å². The Hall–Kier alpha value is -1.57. The van der Waals surface area contributed by atoms with Crippen LogP contribution < -0.4 is 0 Å². The molecule has 0 aromatic heterocycles. The normalized spacial score (nSPS) is 12.0. The highest BCUT2D eigenvalue weighted by atomic mass is 16.4. The summed E-state index contributed by atoms with van der Waals surface area (Å²) < 4.78 is 0. The van der Waals surface area contributed by atoms with E-state index in [-0.39, 0.29) is 6.42 Å². The molecule has 1 N–H and O–H groups in total. The fourth-order valence-electron chi connectivity index (χ4n) is 2.61. The van der Waals surface area contributed by atoms with E-state index >= 15 is 0 Å². The van der Waals surface area contributed by atoms with Crippen molar-refractivity contribution in [3.05, 3.63) is 40.5 Å². The molecule has 1 rings (SSSR count). The second-order valence-corrected chi connectivity index (χ2v) is 5.52. The van der Waals surface area contributed by atoms with Crippen molar-refractivity contribution in [2.24, 2.45) is 5.92 Å². The molecular formula is C17H24O2. The maximum absolute atomic E-state index is 10.6. The highest BCUT2D eigenvalue weighted by molar-refractivity contribution is 5.73. The number of allylic oxidation sites excluding steroid dienone is 2. The molecule has 0 spiro atoms. The van der Waals surface area contributed by atoms with Gasteiger partial charge in [0.2, 0.25) is 0 Å². The summed E-state index contributed by atoms with van der Waals surface area (Å²) in [4.78, 5) is 10.6. The Labute approximate surface area is 116 Å². The molecule has 0 bridgehead atoms. The maximum atomic E-state index is 10.6. The van der Waals surface area contributed by atoms with E-state index in [1.807, 2.05) is 0 Å². The van der Waals surface area contributed by atoms with E-state index in [1.165, 1.54) is 27.8 Å². The molecule has 2 heteroatoms. The van der Waals surface area contributed by atoms with Gasteiger partial charge in [-0.15, -0.1) is 0 Å². The zero-order chi connectivity index (χ0) is 14.6. The van der Waals surface area contributed by atoms with E-state index in [0.717, 1.165) is 0 Å². The van der Waals surface area contributed by atoms with Gasteiger partial charge >= 0.3 is 5.97 Å². The minimum absolute atomic E-state index is 0.195. The number of rotatable bonds is 5. The number of hydrogen-bond acceptors (Lipinski definition) is 1. The van der Waals surface area contributed by atoms with Gasteiger partial charge in [-0.3, -0.25) is 4.79 Å². The van der Waals surface area contributed by atoms with Crippen LogP contribution in [0.1, 0.15) is 48.9 Å². The summed E-state index contributed by atoms with van der Waals surface area (Å²) in [6.07, 6.45) is 2.87. The topological polar surface area (TPSA) is 37.3 Å². The third kappa shape index (κ3) is 4.23. The van der Waals surface area contributed by atoms with Crippen LogP contribution in [-0.4, -0.2) is 11.1 Å². The summed E-state index contributed by atoms with van der Waals surface area (Å²) in [5, 5.41) is 8.75. The largest absolute Gasteiger partial charge is 0.481 e. The predicted octanol–water partition coefficient (Wildman–Crippen LogP) is 4.52. The summed E-state index contributed by atoms with van der Waals surface area (Å²) >= 11 is 0. The quantitative estimate of drug-likeness (QED) is 0.845. The average Bonchev–Trinajstić information content (AvgIpc) is 2.24. The van der Waals surface area contributed by atoms with Crippen LogP contribution in [0.4, 0.5) is 0 Å². The highest BCUT2D eigenvalue weighted by Crippen LogP contribution is 2.30. The summed E-state index contributed by atoms with van der Waals surface area (Å²) in [6.45, 7) is 10.7. The Morgan fingerprint density at radius 3 is 2.16 bits per heavy atom. The molecule has 2 nitrogen and oxygen atoms in total. The standard InChI is InChI=1S/C17H24O2/c1-11(2)15(7-6-8-16(18)19)17-13(4)9-12(3)10-14(17)5/h7,9-11H,6,8H2,1-5H3,(H,18,19)/b15-7+. The molecule has 0 saturated heterocycles. The minimum Gasteiger partial charge on any atom is -0.481 e. The van der Waals surface area contributed by atoms with Crippen LogP contribution in [0.15, 0.2) is 18.2 Å². The van der Waals surface area contributed by atoms with Crippen LogP contribution in [0.3, 0.4) is 0 Å². The van der Waals surface area contributed by atoms with Gasteiger partial charge in [0.25, 0.3) is 0 Å². The van der Waals surface area contributed by atoms with Crippen LogP contribution >= 0.6 is 0 Å². The lowest BCUT2D eigenvalue weighted by molar-refractivity contribution is -0.136. The third-order valence-corrected chi connectivity index (χ3v) is 3.31. The van der Waals surface area contributed by atoms with Gasteiger partial charge in [-0.2, -0.15) is 0 Å². The number of carboxylic acid groups (broad SMARTS) is 1. The van der Waals surface area contributed by atoms with Gasteiger partial charge in [-0.1, -0.05) is 37.6 Å². The lowest BCUT2D eigenvalue weighted by atomic mass is 9.87. The maximum Gasteiger partial charge on any atom is 0.303 e. The van der Waals surface area contributed by atoms with Crippen molar-refractivity contribution in [2.75, 3.05) is 0 Å². The summed E-state index contributed by atoms with van der Waals surface area (Å²) in [7, 11) is 0. The number of benzene rings is 1. The molecule has 0 amide bonds. The molecule has 1 aromatic rings. The lowest BCUT2D eigenvalue weighted by Gasteiger charge is -2.18. The first-order valence-corrected chi connectivity index (χ1v) is 6.83. The zero-order valence-electron chi connectivity index (χ0n) is 12.6. The van der Waals surface area contributed by atoms with Crippen LogP contribution in [0, 0.1) is 26.7 Å². The van der Waals surface area contributed by atoms with Gasteiger partial charge in [-0.25, -0.2) is 0 Å². The second-order valence-electron chi connectivity index (χ2n) is 5.52. The Balaban J connectivity index is 3.16. The molecule has 0 fully saturated rings. The second kappa shape index (κ2) is 6.55. The lowest BCUT2D eigenvalue weighted by Crippen LogP contribution is -2.01. The smallest absolute Gasteiger partial charge is 0.303 e. The van der Waals surface area contributed by atoms with Crippen LogP contribution in [0.25, 0.3) is 5.57 Å². The van der Waals surface area contributed by atoms with E-state index in [2.05, 4.69) is 52.8 Å². The Morgan fingerprint density at radius 2 is 1.74 bits per heavy atom. The van der Waals surface area contributed by atoms with Crippen LogP contribution in [-0.2, 0) is 4.79 Å². The van der Waals surface area contributed by atoms with Crippen LogP contribution in [0.5, 0.6) is 0 Å². The fourth-order valence-corrected chi connectivity index (χ4v) is 2.61. The van der Waals surface area contributed by atoms with Crippen molar-refractivity contribution in [3.63, 3.8) is 0 Å². The van der Waals surface area contributed by atoms with Crippen molar-refractivity contribution in [2.45, 2.75) is 47.5 Å². The molecule has 0 unspecified atom stereocenters. The summed E-state index contributed by atoms with van der Waals surface area (Å²) in [6, 6.07) is 4.38.